The van der Waals surface area contributed by atoms with E-state index in [1.54, 1.807) is 22.7 Å². The molecule has 6 heteroatoms. The molecule has 144 valence electrons. The molecule has 1 atom stereocenters. The molecule has 0 aromatic carbocycles. The van der Waals surface area contributed by atoms with Crippen molar-refractivity contribution in [1.82, 2.24) is 10.2 Å². The zero-order chi connectivity index (χ0) is 18.8. The fraction of sp³-hybridized carbons (Fsp3) is 0.524. The Morgan fingerprint density at radius 3 is 2.89 bits per heavy atom. The van der Waals surface area contributed by atoms with Gasteiger partial charge in [0.15, 0.2) is 0 Å². The molecular weight excluding hydrogens is 376 g/mol. The predicted octanol–water partition coefficient (Wildman–Crippen LogP) is 4.17. The lowest BCUT2D eigenvalue weighted by molar-refractivity contribution is -0.134. The van der Waals surface area contributed by atoms with E-state index in [4.69, 9.17) is 0 Å². The molecule has 2 aliphatic rings. The third-order valence-corrected chi connectivity index (χ3v) is 7.72. The van der Waals surface area contributed by atoms with E-state index in [0.717, 1.165) is 44.2 Å². The Morgan fingerprint density at radius 1 is 1.19 bits per heavy atom. The highest BCUT2D eigenvalue weighted by Gasteiger charge is 2.30. The second kappa shape index (κ2) is 8.15. The largest absolute Gasteiger partial charge is 0.340 e. The van der Waals surface area contributed by atoms with Crippen LogP contribution in [0.4, 0.5) is 0 Å². The van der Waals surface area contributed by atoms with Crippen molar-refractivity contribution in [3.05, 3.63) is 43.3 Å². The predicted molar refractivity (Wildman–Crippen MR) is 111 cm³/mol. The summed E-state index contributed by atoms with van der Waals surface area (Å²) in [7, 11) is 0. The van der Waals surface area contributed by atoms with Gasteiger partial charge in [-0.25, -0.2) is 0 Å². The van der Waals surface area contributed by atoms with E-state index in [1.165, 1.54) is 27.3 Å². The molecule has 2 aromatic heterocycles. The Morgan fingerprint density at radius 2 is 2.04 bits per heavy atom. The molecule has 1 aliphatic carbocycles. The SMILES string of the molecule is CCC[C@@H](NC(=O)c1csc2c1CCCC2)C(=O)N1CCc2sccc2C1. The first-order chi connectivity index (χ1) is 13.2. The van der Waals surface area contributed by atoms with Gasteiger partial charge in [0, 0.05) is 28.2 Å². The summed E-state index contributed by atoms with van der Waals surface area (Å²) < 4.78 is 0. The number of thiophene rings is 2. The normalized spacial score (nSPS) is 17.1. The number of hydrogen-bond acceptors (Lipinski definition) is 4. The number of carbonyl (C=O) groups excluding carboxylic acids is 2. The van der Waals surface area contributed by atoms with Crippen molar-refractivity contribution in [2.24, 2.45) is 0 Å². The van der Waals surface area contributed by atoms with Gasteiger partial charge in [-0.1, -0.05) is 13.3 Å². The molecule has 27 heavy (non-hydrogen) atoms. The van der Waals surface area contributed by atoms with E-state index < -0.39 is 6.04 Å². The summed E-state index contributed by atoms with van der Waals surface area (Å²) in [5, 5.41) is 7.15. The molecule has 2 amide bonds. The molecule has 1 aliphatic heterocycles. The minimum Gasteiger partial charge on any atom is -0.340 e. The fourth-order valence-corrected chi connectivity index (χ4v) is 6.14. The maximum Gasteiger partial charge on any atom is 0.253 e. The third-order valence-electron chi connectivity index (χ3n) is 5.61. The summed E-state index contributed by atoms with van der Waals surface area (Å²) in [4.78, 5) is 30.7. The highest BCUT2D eigenvalue weighted by atomic mass is 32.1. The van der Waals surface area contributed by atoms with E-state index in [1.807, 2.05) is 10.3 Å². The first-order valence-corrected chi connectivity index (χ1v) is 11.7. The Balaban J connectivity index is 1.47. The summed E-state index contributed by atoms with van der Waals surface area (Å²) in [5.74, 6) is -0.0134. The Labute approximate surface area is 168 Å². The molecule has 0 bridgehead atoms. The number of aryl methyl sites for hydroxylation is 1. The highest BCUT2D eigenvalue weighted by molar-refractivity contribution is 7.10. The molecule has 0 spiro atoms. The molecule has 2 aromatic rings. The van der Waals surface area contributed by atoms with Crippen LogP contribution in [0.1, 0.15) is 63.8 Å². The molecule has 4 nitrogen and oxygen atoms in total. The van der Waals surface area contributed by atoms with Gasteiger partial charge < -0.3 is 10.2 Å². The smallest absolute Gasteiger partial charge is 0.253 e. The van der Waals surface area contributed by atoms with Crippen molar-refractivity contribution in [1.29, 1.82) is 0 Å². The van der Waals surface area contributed by atoms with E-state index >= 15 is 0 Å². The van der Waals surface area contributed by atoms with Crippen LogP contribution in [0.25, 0.3) is 0 Å². The molecule has 0 saturated carbocycles. The molecule has 0 saturated heterocycles. The lowest BCUT2D eigenvalue weighted by atomic mass is 9.95. The second-order valence-electron chi connectivity index (χ2n) is 7.45. The summed E-state index contributed by atoms with van der Waals surface area (Å²) in [6, 6.07) is 1.69. The number of amides is 2. The van der Waals surface area contributed by atoms with Crippen LogP contribution < -0.4 is 5.32 Å². The van der Waals surface area contributed by atoms with Gasteiger partial charge in [0.1, 0.15) is 6.04 Å². The van der Waals surface area contributed by atoms with Crippen LogP contribution in [0.3, 0.4) is 0 Å². The lowest BCUT2D eigenvalue weighted by Crippen LogP contribution is -2.49. The Kier molecular flexibility index (Phi) is 5.64. The van der Waals surface area contributed by atoms with Crippen LogP contribution in [0.2, 0.25) is 0 Å². The van der Waals surface area contributed by atoms with Gasteiger partial charge in [0.25, 0.3) is 5.91 Å². The maximum atomic E-state index is 13.1. The fourth-order valence-electron chi connectivity index (χ4n) is 4.12. The van der Waals surface area contributed by atoms with E-state index in [9.17, 15) is 9.59 Å². The van der Waals surface area contributed by atoms with Crippen molar-refractivity contribution in [2.75, 3.05) is 6.54 Å². The number of hydrogen-bond donors (Lipinski definition) is 1. The van der Waals surface area contributed by atoms with Crippen molar-refractivity contribution in [3.63, 3.8) is 0 Å². The number of nitrogens with one attached hydrogen (secondary N) is 1. The van der Waals surface area contributed by atoms with E-state index in [-0.39, 0.29) is 11.8 Å². The van der Waals surface area contributed by atoms with Gasteiger partial charge in [-0.05, 0) is 61.1 Å². The van der Waals surface area contributed by atoms with Gasteiger partial charge >= 0.3 is 0 Å². The van der Waals surface area contributed by atoms with Gasteiger partial charge in [-0.3, -0.25) is 9.59 Å². The number of rotatable bonds is 5. The second-order valence-corrected chi connectivity index (χ2v) is 9.42. The third kappa shape index (κ3) is 3.83. The minimum absolute atomic E-state index is 0.0612. The standard InChI is InChI=1S/C21H26N2O2S2/c1-2-5-17(21(25)23-10-8-18-14(12-23)9-11-26-18)22-20(24)16-13-27-19-7-4-3-6-15(16)19/h9,11,13,17H,2-8,10,12H2,1H3,(H,22,24)/t17-/m1/s1. The molecular formula is C21H26N2O2S2. The minimum atomic E-state index is -0.429. The molecule has 4 rings (SSSR count). The lowest BCUT2D eigenvalue weighted by Gasteiger charge is -2.31. The summed E-state index contributed by atoms with van der Waals surface area (Å²) in [6.07, 6.45) is 6.91. The van der Waals surface area contributed by atoms with Crippen LogP contribution in [0, 0.1) is 0 Å². The van der Waals surface area contributed by atoms with Crippen molar-refractivity contribution >= 4 is 34.5 Å². The molecule has 0 radical (unpaired) electrons. The first-order valence-electron chi connectivity index (χ1n) is 9.91. The number of fused-ring (bicyclic) bond motifs is 2. The molecule has 0 unspecified atom stereocenters. The van der Waals surface area contributed by atoms with E-state index in [0.29, 0.717) is 13.0 Å². The Hall–Kier alpha value is -1.66. The maximum absolute atomic E-state index is 13.1. The van der Waals surface area contributed by atoms with Gasteiger partial charge in [0.2, 0.25) is 5.91 Å². The van der Waals surface area contributed by atoms with Crippen molar-refractivity contribution in [2.45, 2.75) is 64.5 Å². The van der Waals surface area contributed by atoms with Gasteiger partial charge in [0.05, 0.1) is 5.56 Å². The quantitative estimate of drug-likeness (QED) is 0.816. The van der Waals surface area contributed by atoms with Crippen LogP contribution in [-0.4, -0.2) is 29.3 Å². The average molecular weight is 403 g/mol. The average Bonchev–Trinajstić information content (AvgIpc) is 3.33. The van der Waals surface area contributed by atoms with Crippen molar-refractivity contribution in [3.8, 4) is 0 Å². The van der Waals surface area contributed by atoms with Crippen LogP contribution >= 0.6 is 22.7 Å². The molecule has 3 heterocycles. The monoisotopic (exact) mass is 402 g/mol. The first kappa shape index (κ1) is 18.7. The number of carbonyl (C=O) groups is 2. The summed E-state index contributed by atoms with van der Waals surface area (Å²) in [5.41, 5.74) is 3.27. The molecule has 1 N–H and O–H groups in total. The van der Waals surface area contributed by atoms with Crippen LogP contribution in [0.15, 0.2) is 16.8 Å². The topological polar surface area (TPSA) is 49.4 Å². The van der Waals surface area contributed by atoms with Crippen molar-refractivity contribution < 1.29 is 9.59 Å². The molecule has 0 fully saturated rings. The zero-order valence-electron chi connectivity index (χ0n) is 15.8. The van der Waals surface area contributed by atoms with E-state index in [2.05, 4.69) is 23.7 Å². The van der Waals surface area contributed by atoms with Crippen LogP contribution in [0.5, 0.6) is 0 Å². The van der Waals surface area contributed by atoms with Crippen LogP contribution in [-0.2, 0) is 30.6 Å². The zero-order valence-corrected chi connectivity index (χ0v) is 17.4. The van der Waals surface area contributed by atoms with Gasteiger partial charge in [-0.15, -0.1) is 22.7 Å². The highest BCUT2D eigenvalue weighted by Crippen LogP contribution is 2.30. The Bertz CT molecular complexity index is 839. The summed E-state index contributed by atoms with van der Waals surface area (Å²) in [6.45, 7) is 3.48. The van der Waals surface area contributed by atoms with Gasteiger partial charge in [-0.2, -0.15) is 0 Å². The summed E-state index contributed by atoms with van der Waals surface area (Å²) >= 11 is 3.47. The number of nitrogens with zero attached hydrogens (tertiary/aromatic N) is 1.